The first-order valence-corrected chi connectivity index (χ1v) is 12.0. The third-order valence-electron chi connectivity index (χ3n) is 5.29. The van der Waals surface area contributed by atoms with E-state index in [1.165, 1.54) is 20.8 Å². The quantitative estimate of drug-likeness (QED) is 0.217. The highest BCUT2D eigenvalue weighted by molar-refractivity contribution is 6.20. The summed E-state index contributed by atoms with van der Waals surface area (Å²) in [6.07, 6.45) is -0.695. The minimum atomic E-state index is -0.695. The molecule has 0 saturated heterocycles. The highest BCUT2D eigenvalue weighted by Gasteiger charge is 2.23. The van der Waals surface area contributed by atoms with E-state index in [9.17, 15) is 14.4 Å². The van der Waals surface area contributed by atoms with Gasteiger partial charge in [0.05, 0.1) is 0 Å². The molecule has 8 nitrogen and oxygen atoms in total. The van der Waals surface area contributed by atoms with E-state index >= 15 is 0 Å². The molecule has 36 heavy (non-hydrogen) atoms. The van der Waals surface area contributed by atoms with E-state index in [0.717, 1.165) is 11.1 Å². The Hall–Kier alpha value is -3.26. The predicted molar refractivity (Wildman–Crippen MR) is 134 cm³/mol. The van der Waals surface area contributed by atoms with E-state index in [4.69, 9.17) is 35.3 Å². The topological polar surface area (TPSA) is 97.4 Å². The van der Waals surface area contributed by atoms with Crippen LogP contribution in [0.4, 0.5) is 0 Å². The summed E-state index contributed by atoms with van der Waals surface area (Å²) >= 11 is 6.11. The van der Waals surface area contributed by atoms with Crippen LogP contribution < -0.4 is 9.47 Å². The third kappa shape index (κ3) is 9.77. The minimum Gasteiger partial charge on any atom is -0.492 e. The number of rotatable bonds is 13. The molecule has 0 amide bonds. The molecule has 2 aromatic carbocycles. The molecule has 0 fully saturated rings. The lowest BCUT2D eigenvalue weighted by Crippen LogP contribution is -2.29. The van der Waals surface area contributed by atoms with Crippen molar-refractivity contribution in [3.05, 3.63) is 59.7 Å². The Morgan fingerprint density at radius 2 is 1.14 bits per heavy atom. The van der Waals surface area contributed by atoms with E-state index < -0.39 is 23.4 Å². The maximum atomic E-state index is 11.3. The molecule has 0 unspecified atom stereocenters. The molecule has 0 radical (unpaired) electrons. The predicted octanol–water partition coefficient (Wildman–Crippen LogP) is 4.44. The summed E-state index contributed by atoms with van der Waals surface area (Å²) in [7, 11) is 0. The van der Waals surface area contributed by atoms with Gasteiger partial charge in [0.1, 0.15) is 43.3 Å². The van der Waals surface area contributed by atoms with Crippen molar-refractivity contribution in [2.24, 2.45) is 0 Å². The number of ether oxygens (including phenoxy) is 5. The second-order valence-electron chi connectivity index (χ2n) is 8.73. The van der Waals surface area contributed by atoms with E-state index in [1.807, 2.05) is 48.5 Å². The average Bonchev–Trinajstić information content (AvgIpc) is 2.83. The summed E-state index contributed by atoms with van der Waals surface area (Å²) in [5.41, 5.74) is 1.86. The van der Waals surface area contributed by atoms with Gasteiger partial charge in [0.15, 0.2) is 6.10 Å². The van der Waals surface area contributed by atoms with Crippen molar-refractivity contribution in [2.75, 3.05) is 26.4 Å². The summed E-state index contributed by atoms with van der Waals surface area (Å²) in [4.78, 5) is 33.2. The van der Waals surface area contributed by atoms with Crippen molar-refractivity contribution in [3.63, 3.8) is 0 Å². The number of alkyl halides is 1. The van der Waals surface area contributed by atoms with Crippen LogP contribution in [0, 0.1) is 0 Å². The molecule has 2 atom stereocenters. The summed E-state index contributed by atoms with van der Waals surface area (Å²) in [5.74, 6) is -0.0441. The monoisotopic (exact) mass is 520 g/mol. The molecule has 0 N–H and O–H groups in total. The Morgan fingerprint density at radius 1 is 0.694 bits per heavy atom. The summed E-state index contributed by atoms with van der Waals surface area (Å²) in [6.45, 7) is 8.44. The fraction of sp³-hybridized carbons (Fsp3) is 0.444. The molecule has 2 aromatic rings. The fourth-order valence-electron chi connectivity index (χ4n) is 3.30. The number of halogens is 1. The van der Waals surface area contributed by atoms with Crippen LogP contribution in [-0.4, -0.2) is 55.8 Å². The van der Waals surface area contributed by atoms with Crippen LogP contribution >= 0.6 is 11.6 Å². The fourth-order valence-corrected chi connectivity index (χ4v) is 3.42. The molecular weight excluding hydrogens is 488 g/mol. The molecular formula is C27H33ClO8. The first-order valence-electron chi connectivity index (χ1n) is 11.5. The van der Waals surface area contributed by atoms with Gasteiger partial charge >= 0.3 is 17.9 Å². The molecule has 0 aliphatic carbocycles. The molecule has 0 aliphatic rings. The molecule has 9 heteroatoms. The molecule has 0 bridgehead atoms. The second-order valence-corrected chi connectivity index (χ2v) is 9.35. The Bertz CT molecular complexity index is 1000. The normalized spacial score (nSPS) is 12.7. The molecule has 196 valence electrons. The Morgan fingerprint density at radius 3 is 1.58 bits per heavy atom. The smallest absolute Gasteiger partial charge is 0.303 e. The van der Waals surface area contributed by atoms with Crippen LogP contribution in [0.25, 0.3) is 0 Å². The van der Waals surface area contributed by atoms with Gasteiger partial charge in [0.2, 0.25) is 0 Å². The van der Waals surface area contributed by atoms with Gasteiger partial charge in [-0.3, -0.25) is 14.4 Å². The SMILES string of the molecule is CC(=O)OC[C@H](Cl)COc1ccc(C(C)(C)c2ccc(OC[C@H](COC(C)=O)OC(C)=O)cc2)cc1. The number of hydrogen-bond acceptors (Lipinski definition) is 8. The highest BCUT2D eigenvalue weighted by Crippen LogP contribution is 2.33. The van der Waals surface area contributed by atoms with Crippen LogP contribution in [0.2, 0.25) is 0 Å². The van der Waals surface area contributed by atoms with Gasteiger partial charge in [-0.05, 0) is 35.4 Å². The molecule has 0 heterocycles. The first-order chi connectivity index (χ1) is 17.0. The van der Waals surface area contributed by atoms with Gasteiger partial charge in [-0.15, -0.1) is 11.6 Å². The Balaban J connectivity index is 1.96. The molecule has 0 aromatic heterocycles. The zero-order chi connectivity index (χ0) is 26.7. The number of carbonyl (C=O) groups is 3. The van der Waals surface area contributed by atoms with Crippen molar-refractivity contribution < 1.29 is 38.1 Å². The van der Waals surface area contributed by atoms with Gasteiger partial charge < -0.3 is 23.7 Å². The van der Waals surface area contributed by atoms with E-state index in [0.29, 0.717) is 11.5 Å². The number of esters is 3. The number of benzene rings is 2. The van der Waals surface area contributed by atoms with E-state index in [2.05, 4.69) is 13.8 Å². The van der Waals surface area contributed by atoms with Crippen LogP contribution in [0.1, 0.15) is 45.7 Å². The molecule has 0 saturated carbocycles. The van der Waals surface area contributed by atoms with Crippen LogP contribution in [0.5, 0.6) is 11.5 Å². The lowest BCUT2D eigenvalue weighted by Gasteiger charge is -2.26. The zero-order valence-electron chi connectivity index (χ0n) is 21.2. The van der Waals surface area contributed by atoms with Gasteiger partial charge in [0.25, 0.3) is 0 Å². The van der Waals surface area contributed by atoms with Gasteiger partial charge in [-0.2, -0.15) is 0 Å². The first kappa shape index (κ1) is 29.0. The van der Waals surface area contributed by atoms with Crippen LogP contribution in [0.15, 0.2) is 48.5 Å². The minimum absolute atomic E-state index is 0.0566. The zero-order valence-corrected chi connectivity index (χ0v) is 22.0. The molecule has 2 rings (SSSR count). The largest absolute Gasteiger partial charge is 0.492 e. The molecule has 0 aliphatic heterocycles. The van der Waals surface area contributed by atoms with Crippen LogP contribution in [0.3, 0.4) is 0 Å². The number of carbonyl (C=O) groups excluding carboxylic acids is 3. The lowest BCUT2D eigenvalue weighted by molar-refractivity contribution is -0.158. The number of hydrogen-bond donors (Lipinski definition) is 0. The maximum Gasteiger partial charge on any atom is 0.303 e. The van der Waals surface area contributed by atoms with Gasteiger partial charge in [-0.1, -0.05) is 38.1 Å². The van der Waals surface area contributed by atoms with Gasteiger partial charge in [0, 0.05) is 26.2 Å². The highest BCUT2D eigenvalue weighted by atomic mass is 35.5. The van der Waals surface area contributed by atoms with Gasteiger partial charge in [-0.25, -0.2) is 0 Å². The standard InChI is InChI=1S/C27H33ClO8/c1-18(29)32-14-23(28)15-34-24-10-6-21(7-11-24)27(4,5)22-8-12-25(13-9-22)35-17-26(36-20(3)31)16-33-19(2)30/h6-13,23,26H,14-17H2,1-5H3/t23-,26-/m0/s1. The maximum absolute atomic E-state index is 11.3. The Labute approximate surface area is 216 Å². The third-order valence-corrected chi connectivity index (χ3v) is 5.54. The summed E-state index contributed by atoms with van der Waals surface area (Å²) in [6, 6.07) is 15.4. The van der Waals surface area contributed by atoms with Crippen LogP contribution in [-0.2, 0) is 34.0 Å². The van der Waals surface area contributed by atoms with Crippen molar-refractivity contribution >= 4 is 29.5 Å². The van der Waals surface area contributed by atoms with Crippen molar-refractivity contribution in [3.8, 4) is 11.5 Å². The molecule has 0 spiro atoms. The lowest BCUT2D eigenvalue weighted by atomic mass is 9.78. The van der Waals surface area contributed by atoms with E-state index in [1.54, 1.807) is 0 Å². The van der Waals surface area contributed by atoms with Crippen molar-refractivity contribution in [1.82, 2.24) is 0 Å². The Kier molecular flexibility index (Phi) is 11.0. The van der Waals surface area contributed by atoms with Crippen molar-refractivity contribution in [1.29, 1.82) is 0 Å². The second kappa shape index (κ2) is 13.7. The summed E-state index contributed by atoms with van der Waals surface area (Å²) in [5, 5.41) is -0.434. The summed E-state index contributed by atoms with van der Waals surface area (Å²) < 4.78 is 26.4. The van der Waals surface area contributed by atoms with E-state index in [-0.39, 0.29) is 37.8 Å². The van der Waals surface area contributed by atoms with Crippen molar-refractivity contribution in [2.45, 2.75) is 51.5 Å². The average molecular weight is 521 g/mol.